The number of sulfonamides is 1. The summed E-state index contributed by atoms with van der Waals surface area (Å²) in [5, 5.41) is 42.8. The number of carbonyl (C=O) groups excluding carboxylic acids is 5. The van der Waals surface area contributed by atoms with Gasteiger partial charge in [0.05, 0.1) is 25.1 Å². The summed E-state index contributed by atoms with van der Waals surface area (Å²) in [5.41, 5.74) is 30.8. The van der Waals surface area contributed by atoms with Gasteiger partial charge in [0.25, 0.3) is 15.2 Å². The van der Waals surface area contributed by atoms with Gasteiger partial charge >= 0.3 is 30.2 Å². The molecule has 19 N–H and O–H groups in total. The van der Waals surface area contributed by atoms with Crippen molar-refractivity contribution in [2.24, 2.45) is 33.6 Å². The van der Waals surface area contributed by atoms with Crippen molar-refractivity contribution in [3.63, 3.8) is 0 Å². The fraction of sp³-hybridized carbons (Fsp3) is 0.535. The Kier molecular flexibility index (Phi) is 55.4. The molecule has 770 valence electrons. The number of unbranched alkanes of at least 4 members (excludes halogenated alkanes) is 1. The molecule has 0 bridgehead atoms. The van der Waals surface area contributed by atoms with Crippen molar-refractivity contribution in [2.75, 3.05) is 51.3 Å². The number of aromatic nitrogens is 10. The van der Waals surface area contributed by atoms with Crippen molar-refractivity contribution in [1.82, 2.24) is 101 Å². The first-order chi connectivity index (χ1) is 66.0. The van der Waals surface area contributed by atoms with E-state index in [2.05, 4.69) is 245 Å². The number of benzene rings is 4. The number of phenolic OH excluding ortho intramolecular Hbond substituents is 1. The number of phenols is 1. The number of hydrogen-bond donors (Lipinski definition) is 20. The zero-order valence-electron chi connectivity index (χ0n) is 81.4. The van der Waals surface area contributed by atoms with Crippen molar-refractivity contribution >= 4 is 187 Å². The monoisotopic (exact) mass is 2120 g/mol. The lowest BCUT2D eigenvalue weighted by Gasteiger charge is -2.27. The molecule has 5 heterocycles. The second-order valence-electron chi connectivity index (χ2n) is 35.0. The Morgan fingerprint density at radius 1 is 0.525 bits per heavy atom. The minimum absolute atomic E-state index is 0.0211. The molecule has 5 aromatic heterocycles. The van der Waals surface area contributed by atoms with Gasteiger partial charge in [0, 0.05) is 121 Å². The molecule has 53 heteroatoms. The molecule has 0 fully saturated rings. The summed E-state index contributed by atoms with van der Waals surface area (Å²) < 4.78 is 76.0. The third-order valence-electron chi connectivity index (χ3n) is 18.6. The number of thiol groups is 1. The van der Waals surface area contributed by atoms with Crippen LogP contribution in [0.4, 0.5) is 61.0 Å². The number of aromatic hydroxyl groups is 1. The summed E-state index contributed by atoms with van der Waals surface area (Å²) in [4.78, 5) is 98.2. The van der Waals surface area contributed by atoms with E-state index in [0.29, 0.717) is 81.4 Å². The van der Waals surface area contributed by atoms with Gasteiger partial charge in [-0.15, -0.1) is 17.0 Å². The van der Waals surface area contributed by atoms with Gasteiger partial charge < -0.3 is 31.7 Å². The second-order valence-corrected chi connectivity index (χ2v) is 44.2. The minimum Gasteiger partial charge on any atom is -0.508 e. The molecule has 9 rings (SSSR count). The van der Waals surface area contributed by atoms with Crippen LogP contribution >= 0.6 is 82.1 Å². The van der Waals surface area contributed by atoms with Gasteiger partial charge in [-0.05, 0) is 176 Å². The molecule has 9 aromatic rings. The van der Waals surface area contributed by atoms with Crippen LogP contribution in [0.25, 0.3) is 22.8 Å². The van der Waals surface area contributed by atoms with Gasteiger partial charge in [-0.3, -0.25) is 42.4 Å². The summed E-state index contributed by atoms with van der Waals surface area (Å²) in [6.07, 6.45) is 16.4. The molecule has 0 radical (unpaired) electrons. The third kappa shape index (κ3) is 52.4. The maximum atomic E-state index is 12.6. The Bertz CT molecular complexity index is 5310. The zero-order valence-corrected chi connectivity index (χ0v) is 89.6. The van der Waals surface area contributed by atoms with Crippen LogP contribution < -0.4 is 85.6 Å². The van der Waals surface area contributed by atoms with Crippen LogP contribution in [-0.2, 0) is 57.5 Å². The smallest absolute Gasteiger partial charge is 0.333 e. The molecule has 4 aromatic carbocycles. The number of hydrogen-bond acceptors (Lipinski definition) is 39. The lowest BCUT2D eigenvalue weighted by Crippen LogP contribution is -2.44. The molecule has 10 amide bonds. The first kappa shape index (κ1) is 119. The maximum absolute atomic E-state index is 12.6. The van der Waals surface area contributed by atoms with E-state index >= 15 is 0 Å². The highest BCUT2D eigenvalue weighted by atomic mass is 32.2. The number of thioether (sulfide) groups is 1. The standard InChI is InChI=1S/C26H44N6O4S2.C21H41N5O3S2.C14H18N6O4S2.C13H17N5O3S.C12H15N5O2S3/c1-5-10-19(3)12-7-8-13-21(17-16-20(4)11-6-2)27-24(34)29-30-25-28-26(31-37-25)38(35,36)32-22-14-9-15-23(33)18-22;1-15(14-21(5,6)7)8-9-16(10-11-20(2,3)4)22-17(27)24-25-18-23-19(26-31-18)30-13-12-29-28;1-9(2)16-13(21)18-19-14-17-12(20-25-14)10-5-4-6-11(7-10)15-8-26(22)24-23-3;1-8(2)14-12(19)16-17-13-15-11(18-22-13)10-5-3-4-9(6-10)7-21-20;1-7(2)13-10(18)15-16-11-14-12(17-21-11)22(19)9-5-3-4-8(20)6-9/h9,14-15,18-21,32-33H,5-8,10-13,16-17H2,1-4H3,(H2,27,29,34)(H,28,30,31);15-16,28H,8-14H2,1-7H3,(H2,22,24,27)(H,23,25,26);4-9H,1-3H3,(H2,16,18,21)(H,17,19,20);3-6,8,20H,7H2,1-2H3,(H2,14,16,19)(H,15,17,18);3-7,20H,1-2H3,(H2,13,15,18)(H,14,16,17). The van der Waals surface area contributed by atoms with Gasteiger partial charge in [-0.1, -0.05) is 175 Å². The molecule has 0 spiro atoms. The summed E-state index contributed by atoms with van der Waals surface area (Å²) in [5.74, 6) is 3.44. The second kappa shape index (κ2) is 64.4. The number of amides is 10. The summed E-state index contributed by atoms with van der Waals surface area (Å²) in [6, 6.07) is 25.6. The van der Waals surface area contributed by atoms with Crippen LogP contribution in [0.3, 0.4) is 0 Å². The molecule has 7 unspecified atom stereocenters. The van der Waals surface area contributed by atoms with Crippen molar-refractivity contribution in [2.45, 2.75) is 276 Å². The van der Waals surface area contributed by atoms with Crippen molar-refractivity contribution in [3.8, 4) is 28.5 Å². The van der Waals surface area contributed by atoms with Crippen molar-refractivity contribution in [1.29, 1.82) is 0 Å². The number of anilines is 6. The normalized spacial score (nSPS) is 12.8. The Balaban J connectivity index is 0.000000311. The van der Waals surface area contributed by atoms with E-state index in [-0.39, 0.29) is 94.7 Å². The number of urea groups is 5. The minimum atomic E-state index is -4.05. The van der Waals surface area contributed by atoms with E-state index in [0.717, 1.165) is 144 Å². The van der Waals surface area contributed by atoms with Crippen LogP contribution in [0.5, 0.6) is 5.75 Å². The Hall–Kier alpha value is -9.99. The average molecular weight is 2120 g/mol. The molecule has 0 aliphatic carbocycles. The quantitative estimate of drug-likeness (QED) is 0.00320. The highest BCUT2D eigenvalue weighted by Crippen LogP contribution is 2.32. The largest absolute Gasteiger partial charge is 0.508 e. The topological polar surface area (TPSA) is 585 Å². The summed E-state index contributed by atoms with van der Waals surface area (Å²) >= 11 is 9.01. The number of nitrogens with zero attached hydrogens (tertiary/aromatic N) is 11. The van der Waals surface area contributed by atoms with Gasteiger partial charge in [-0.25, -0.2) is 79.2 Å². The van der Waals surface area contributed by atoms with E-state index in [1.54, 1.807) is 42.5 Å². The number of aliphatic imine (C=N–C) groups is 1. The number of hydrazine groups is 5. The highest BCUT2D eigenvalue weighted by Gasteiger charge is 2.25. The number of rotatable bonds is 50. The van der Waals surface area contributed by atoms with E-state index in [4.69, 9.17) is 10.5 Å². The molecular formula is C86H135N27O16S10. The fourth-order valence-corrected chi connectivity index (χ4v) is 19.1. The van der Waals surface area contributed by atoms with E-state index in [1.807, 2.05) is 71.9 Å². The van der Waals surface area contributed by atoms with Crippen LogP contribution in [0.2, 0.25) is 0 Å². The van der Waals surface area contributed by atoms with Crippen LogP contribution in [-0.4, -0.2) is 165 Å². The van der Waals surface area contributed by atoms with E-state index < -0.39 is 43.1 Å². The fourth-order valence-electron chi connectivity index (χ4n) is 12.6. The molecule has 0 aliphatic heterocycles. The van der Waals surface area contributed by atoms with Gasteiger partial charge in [0.2, 0.25) is 47.1 Å². The van der Waals surface area contributed by atoms with Crippen LogP contribution in [0.15, 0.2) is 127 Å². The maximum Gasteiger partial charge on any atom is 0.333 e. The Labute approximate surface area is 848 Å². The first-order valence-electron chi connectivity index (χ1n) is 44.9. The molecule has 43 nitrogen and oxygen atoms in total. The van der Waals surface area contributed by atoms with Crippen molar-refractivity contribution in [3.05, 3.63) is 103 Å². The van der Waals surface area contributed by atoms with E-state index in [9.17, 15) is 45.9 Å². The molecule has 139 heavy (non-hydrogen) atoms. The molecule has 0 saturated heterocycles. The zero-order chi connectivity index (χ0) is 102. The molecule has 0 aliphatic rings. The third-order valence-corrected chi connectivity index (χ3v) is 26.1. The molecule has 0 saturated carbocycles. The van der Waals surface area contributed by atoms with E-state index in [1.165, 1.54) is 75.2 Å². The Morgan fingerprint density at radius 3 is 1.55 bits per heavy atom. The highest BCUT2D eigenvalue weighted by molar-refractivity contribution is 7.99. The van der Waals surface area contributed by atoms with Crippen LogP contribution in [0, 0.1) is 28.6 Å². The van der Waals surface area contributed by atoms with Gasteiger partial charge in [0.15, 0.2) is 11.6 Å². The molecule has 7 atom stereocenters. The Morgan fingerprint density at radius 2 is 1.01 bits per heavy atom. The predicted octanol–water partition coefficient (Wildman–Crippen LogP) is 18.4. The number of carbonyl (C=O) groups is 5. The predicted molar refractivity (Wildman–Crippen MR) is 555 cm³/mol. The summed E-state index contributed by atoms with van der Waals surface area (Å²) in [6.45, 7) is 36.2. The lowest BCUT2D eigenvalue weighted by atomic mass is 9.82. The van der Waals surface area contributed by atoms with Gasteiger partial charge in [-0.2, -0.15) is 55.2 Å². The van der Waals surface area contributed by atoms with Gasteiger partial charge in [0.1, 0.15) is 28.7 Å². The van der Waals surface area contributed by atoms with Crippen molar-refractivity contribution < 1.29 is 75.4 Å². The summed E-state index contributed by atoms with van der Waals surface area (Å²) in [7, 11) is -4.28. The SMILES string of the molecule is CC(C)NC(=O)NNc1nc(-c2cccc(COO)c2)ns1.CC(C)NC(=O)NNc1nc(S(=O)c2cccc(S)c2)ns1.CC(CCC(CCC(C)(C)C)NC(=O)NNc1nc(SCCOO)ns1)CC(C)(C)C.CCCC(C)CCCCC(CCC(C)CCC)NC(=O)NNc1nc(S(=O)(=O)Nc2cccc(O)c2)ns1.COOS(=O)C=Nc1cccc(-c2nsc(NNC(=O)NC(C)C)n2)c1. The number of nitrogens with one attached hydrogen (secondary N) is 16. The lowest BCUT2D eigenvalue weighted by molar-refractivity contribution is -0.253. The first-order valence-corrected chi connectivity index (χ1v) is 53.9. The molecular weight excluding hydrogens is 1990 g/mol. The van der Waals surface area contributed by atoms with Crippen LogP contribution in [0.1, 0.15) is 220 Å². The average Bonchev–Trinajstić information content (AvgIpc) is 1.72.